The van der Waals surface area contributed by atoms with E-state index in [2.05, 4.69) is 5.16 Å². The van der Waals surface area contributed by atoms with Crippen LogP contribution in [0.4, 0.5) is 0 Å². The van der Waals surface area contributed by atoms with Gasteiger partial charge in [0.05, 0.1) is 42.1 Å². The van der Waals surface area contributed by atoms with Gasteiger partial charge >= 0.3 is 5.97 Å². The summed E-state index contributed by atoms with van der Waals surface area (Å²) in [5, 5.41) is 5.03. The van der Waals surface area contributed by atoms with Crippen LogP contribution in [0.15, 0.2) is 91.9 Å². The van der Waals surface area contributed by atoms with Gasteiger partial charge in [0.15, 0.2) is 10.9 Å². The third-order valence-corrected chi connectivity index (χ3v) is 6.21. The minimum Gasteiger partial charge on any atom is -0.467 e. The zero-order chi connectivity index (χ0) is 23.5. The molecule has 0 unspecified atom stereocenters. The normalized spacial score (nSPS) is 11.1. The number of benzene rings is 2. The molecule has 0 aliphatic carbocycles. The lowest BCUT2D eigenvalue weighted by molar-refractivity contribution is 0.0601. The number of hydrogen-bond donors (Lipinski definition) is 0. The molecular formula is C25H19N3O5S. The van der Waals surface area contributed by atoms with Crippen LogP contribution in [0.1, 0.15) is 21.8 Å². The molecule has 9 heteroatoms. The van der Waals surface area contributed by atoms with Crippen LogP contribution < -0.4 is 5.56 Å². The molecule has 0 aliphatic heterocycles. The summed E-state index contributed by atoms with van der Waals surface area (Å²) in [4.78, 5) is 30.0. The third-order valence-electron chi connectivity index (χ3n) is 5.20. The number of thioether (sulfide) groups is 1. The number of nitrogens with zero attached hydrogens (tertiary/aromatic N) is 3. The predicted octanol–water partition coefficient (Wildman–Crippen LogP) is 4.77. The second-order valence-corrected chi connectivity index (χ2v) is 8.37. The summed E-state index contributed by atoms with van der Waals surface area (Å²) in [7, 11) is 1.31. The van der Waals surface area contributed by atoms with Crippen LogP contribution in [0.2, 0.25) is 0 Å². The van der Waals surface area contributed by atoms with E-state index in [4.69, 9.17) is 18.7 Å². The monoisotopic (exact) mass is 473 g/mol. The maximum Gasteiger partial charge on any atom is 0.337 e. The van der Waals surface area contributed by atoms with Gasteiger partial charge in [-0.05, 0) is 30.3 Å². The number of rotatable bonds is 7. The SMILES string of the molecule is COC(=O)c1ccc2c(=O)n(Cc3ccco3)c(SCc3cc(-c4ccccc4)on3)nc2c1. The van der Waals surface area contributed by atoms with Gasteiger partial charge in [-0.3, -0.25) is 9.36 Å². The lowest BCUT2D eigenvalue weighted by Gasteiger charge is -2.12. The maximum absolute atomic E-state index is 13.3. The first-order valence-electron chi connectivity index (χ1n) is 10.4. The van der Waals surface area contributed by atoms with E-state index < -0.39 is 5.97 Å². The van der Waals surface area contributed by atoms with Crippen molar-refractivity contribution in [3.05, 3.63) is 100 Å². The van der Waals surface area contributed by atoms with E-state index in [-0.39, 0.29) is 12.1 Å². The zero-order valence-electron chi connectivity index (χ0n) is 18.1. The molecule has 3 aromatic heterocycles. The number of ether oxygens (including phenoxy) is 1. The summed E-state index contributed by atoms with van der Waals surface area (Å²) < 4.78 is 17.3. The molecule has 0 bridgehead atoms. The van der Waals surface area contributed by atoms with Crippen molar-refractivity contribution in [2.24, 2.45) is 0 Å². The van der Waals surface area contributed by atoms with Crippen molar-refractivity contribution in [2.75, 3.05) is 7.11 Å². The molecule has 0 fully saturated rings. The van der Waals surface area contributed by atoms with Gasteiger partial charge in [-0.2, -0.15) is 0 Å². The topological polar surface area (TPSA) is 100 Å². The van der Waals surface area contributed by atoms with Crippen LogP contribution in [-0.2, 0) is 17.0 Å². The summed E-state index contributed by atoms with van der Waals surface area (Å²) in [5.74, 6) is 1.24. The molecule has 170 valence electrons. The second-order valence-electron chi connectivity index (χ2n) is 7.43. The number of hydrogen-bond acceptors (Lipinski definition) is 8. The molecule has 0 spiro atoms. The summed E-state index contributed by atoms with van der Waals surface area (Å²) in [6.07, 6.45) is 1.56. The van der Waals surface area contributed by atoms with E-state index in [1.165, 1.54) is 18.9 Å². The van der Waals surface area contributed by atoms with Crippen LogP contribution >= 0.6 is 11.8 Å². The fourth-order valence-corrected chi connectivity index (χ4v) is 4.39. The molecule has 0 amide bonds. The Morgan fingerprint density at radius 3 is 2.71 bits per heavy atom. The van der Waals surface area contributed by atoms with Gasteiger partial charge in [0.2, 0.25) is 0 Å². The number of esters is 1. The molecule has 2 aromatic carbocycles. The number of aromatic nitrogens is 3. The molecule has 0 saturated carbocycles. The summed E-state index contributed by atoms with van der Waals surface area (Å²) in [5.41, 5.74) is 2.15. The lowest BCUT2D eigenvalue weighted by atomic mass is 10.1. The number of carbonyl (C=O) groups excluding carboxylic acids is 1. The standard InChI is InChI=1S/C25H19N3O5S/c1-31-24(30)17-9-10-20-21(12-17)26-25(28(23(20)29)14-19-8-5-11-32-19)34-15-18-13-22(33-27-18)16-6-3-2-4-7-16/h2-13H,14-15H2,1H3. The summed E-state index contributed by atoms with van der Waals surface area (Å²) in [6.45, 7) is 0.226. The van der Waals surface area contributed by atoms with Crippen molar-refractivity contribution in [1.29, 1.82) is 0 Å². The van der Waals surface area contributed by atoms with Gasteiger partial charge < -0.3 is 13.7 Å². The largest absolute Gasteiger partial charge is 0.467 e. The van der Waals surface area contributed by atoms with Crippen molar-refractivity contribution in [3.63, 3.8) is 0 Å². The molecule has 3 heterocycles. The van der Waals surface area contributed by atoms with Crippen LogP contribution in [0.5, 0.6) is 0 Å². The first kappa shape index (κ1) is 21.7. The molecule has 0 N–H and O–H groups in total. The quantitative estimate of drug-likeness (QED) is 0.189. The van der Waals surface area contributed by atoms with E-state index in [1.54, 1.807) is 41.2 Å². The van der Waals surface area contributed by atoms with Crippen molar-refractivity contribution in [1.82, 2.24) is 14.7 Å². The minimum absolute atomic E-state index is 0.226. The highest BCUT2D eigenvalue weighted by Crippen LogP contribution is 2.26. The van der Waals surface area contributed by atoms with Crippen LogP contribution in [0.3, 0.4) is 0 Å². The van der Waals surface area contributed by atoms with E-state index in [1.807, 2.05) is 36.4 Å². The first-order valence-corrected chi connectivity index (χ1v) is 11.4. The van der Waals surface area contributed by atoms with Crippen molar-refractivity contribution < 1.29 is 18.5 Å². The molecule has 0 atom stereocenters. The predicted molar refractivity (Wildman–Crippen MR) is 127 cm³/mol. The molecular weight excluding hydrogens is 454 g/mol. The Labute approximate surface area is 198 Å². The number of methoxy groups -OCH3 is 1. The van der Waals surface area contributed by atoms with Crippen LogP contribution in [0.25, 0.3) is 22.2 Å². The molecule has 8 nitrogen and oxygen atoms in total. The number of fused-ring (bicyclic) bond motifs is 1. The third kappa shape index (κ3) is 4.38. The molecule has 5 rings (SSSR count). The molecule has 0 aliphatic rings. The molecule has 34 heavy (non-hydrogen) atoms. The molecule has 5 aromatic rings. The fraction of sp³-hybridized carbons (Fsp3) is 0.120. The van der Waals surface area contributed by atoms with Crippen molar-refractivity contribution in [2.45, 2.75) is 17.5 Å². The average Bonchev–Trinajstić information content (AvgIpc) is 3.57. The zero-order valence-corrected chi connectivity index (χ0v) is 19.0. The maximum atomic E-state index is 13.3. The minimum atomic E-state index is -0.492. The van der Waals surface area contributed by atoms with Gasteiger partial charge in [-0.25, -0.2) is 9.78 Å². The Morgan fingerprint density at radius 1 is 1.09 bits per heavy atom. The van der Waals surface area contributed by atoms with Crippen molar-refractivity contribution >= 4 is 28.6 Å². The van der Waals surface area contributed by atoms with Gasteiger partial charge in [-0.15, -0.1) is 0 Å². The smallest absolute Gasteiger partial charge is 0.337 e. The summed E-state index contributed by atoms with van der Waals surface area (Å²) >= 11 is 1.35. The highest BCUT2D eigenvalue weighted by molar-refractivity contribution is 7.98. The highest BCUT2D eigenvalue weighted by atomic mass is 32.2. The Kier molecular flexibility index (Phi) is 6.01. The van der Waals surface area contributed by atoms with E-state index in [0.29, 0.717) is 44.6 Å². The Morgan fingerprint density at radius 2 is 1.94 bits per heavy atom. The van der Waals surface area contributed by atoms with Gasteiger partial charge in [0.1, 0.15) is 5.76 Å². The van der Waals surface area contributed by atoms with Crippen LogP contribution in [0, 0.1) is 0 Å². The van der Waals surface area contributed by atoms with Gasteiger partial charge in [0, 0.05) is 17.4 Å². The summed E-state index contributed by atoms with van der Waals surface area (Å²) in [6, 6.07) is 19.8. The highest BCUT2D eigenvalue weighted by Gasteiger charge is 2.16. The first-order chi connectivity index (χ1) is 16.6. The average molecular weight is 474 g/mol. The van der Waals surface area contributed by atoms with Gasteiger partial charge in [-0.1, -0.05) is 47.3 Å². The molecule has 0 saturated heterocycles. The van der Waals surface area contributed by atoms with Gasteiger partial charge in [0.25, 0.3) is 5.56 Å². The Bertz CT molecular complexity index is 1510. The van der Waals surface area contributed by atoms with Crippen LogP contribution in [-0.4, -0.2) is 27.8 Å². The van der Waals surface area contributed by atoms with E-state index in [0.717, 1.165) is 5.56 Å². The van der Waals surface area contributed by atoms with E-state index in [9.17, 15) is 9.59 Å². The number of carbonyl (C=O) groups is 1. The van der Waals surface area contributed by atoms with Crippen molar-refractivity contribution in [3.8, 4) is 11.3 Å². The molecule has 0 radical (unpaired) electrons. The number of furan rings is 1. The Balaban J connectivity index is 1.50. The Hall–Kier alpha value is -4.11. The van der Waals surface area contributed by atoms with E-state index >= 15 is 0 Å². The second kappa shape index (κ2) is 9.40. The lowest BCUT2D eigenvalue weighted by Crippen LogP contribution is -2.24. The fourth-order valence-electron chi connectivity index (χ4n) is 3.51.